The van der Waals surface area contributed by atoms with Crippen LogP contribution >= 0.6 is 0 Å². The second-order valence-electron chi connectivity index (χ2n) is 7.19. The summed E-state index contributed by atoms with van der Waals surface area (Å²) >= 11 is 0. The van der Waals surface area contributed by atoms with Gasteiger partial charge in [0.25, 0.3) is 0 Å². The Bertz CT molecular complexity index is 780. The first kappa shape index (κ1) is 21.6. The zero-order valence-electron chi connectivity index (χ0n) is 16.5. The Hall–Kier alpha value is -2.70. The van der Waals surface area contributed by atoms with Gasteiger partial charge in [-0.05, 0) is 24.0 Å². The Morgan fingerprint density at radius 3 is 2.11 bits per heavy atom. The normalized spacial score (nSPS) is 15.4. The average molecular weight is 384 g/mol. The number of alkyl carbamates (subject to hydrolysis) is 1. The largest absolute Gasteiger partial charge is 0.445 e. The highest BCUT2D eigenvalue weighted by molar-refractivity contribution is 5.94. The van der Waals surface area contributed by atoms with E-state index in [1.165, 1.54) is 0 Å². The van der Waals surface area contributed by atoms with E-state index in [9.17, 15) is 14.7 Å². The molecule has 6 heteroatoms. The molecular weight excluding hydrogens is 356 g/mol. The number of nitrogens with one attached hydrogen (secondary N) is 1. The fourth-order valence-electron chi connectivity index (χ4n) is 2.90. The standard InChI is InChI=1S/C22H28N2O4/c1-15(2)19(23)20(25)22(27,18-12-8-5-9-13-18)16(3)24-21(26)28-14-17-10-6-4-7-11-17/h4-13,15-16,19,27H,14,23H2,1-3H3,(H,24,26)/t16-,19-,22?/m0/s1. The van der Waals surface area contributed by atoms with Crippen LogP contribution in [-0.2, 0) is 21.7 Å². The van der Waals surface area contributed by atoms with Crippen LogP contribution in [0.25, 0.3) is 0 Å². The van der Waals surface area contributed by atoms with Gasteiger partial charge in [-0.15, -0.1) is 0 Å². The first-order valence-electron chi connectivity index (χ1n) is 9.31. The maximum Gasteiger partial charge on any atom is 0.407 e. The van der Waals surface area contributed by atoms with Crippen LogP contribution in [0.15, 0.2) is 60.7 Å². The Morgan fingerprint density at radius 2 is 1.57 bits per heavy atom. The van der Waals surface area contributed by atoms with Crippen LogP contribution in [0.2, 0.25) is 0 Å². The van der Waals surface area contributed by atoms with Crippen LogP contribution in [0.5, 0.6) is 0 Å². The molecule has 4 N–H and O–H groups in total. The Labute approximate surface area is 165 Å². The average Bonchev–Trinajstić information content (AvgIpc) is 2.71. The maximum atomic E-state index is 13.0. The van der Waals surface area contributed by atoms with E-state index in [-0.39, 0.29) is 12.5 Å². The van der Waals surface area contributed by atoms with Gasteiger partial charge in [0.1, 0.15) is 6.61 Å². The van der Waals surface area contributed by atoms with E-state index in [0.717, 1.165) is 5.56 Å². The number of nitrogens with two attached hydrogens (primary N) is 1. The lowest BCUT2D eigenvalue weighted by Crippen LogP contribution is -2.59. The zero-order chi connectivity index (χ0) is 20.7. The lowest BCUT2D eigenvalue weighted by Gasteiger charge is -2.36. The smallest absolute Gasteiger partial charge is 0.407 e. The number of benzene rings is 2. The monoisotopic (exact) mass is 384 g/mol. The first-order valence-corrected chi connectivity index (χ1v) is 9.31. The summed E-state index contributed by atoms with van der Waals surface area (Å²) in [6, 6.07) is 15.9. The molecular formula is C22H28N2O4. The van der Waals surface area contributed by atoms with Crippen LogP contribution in [0.1, 0.15) is 31.9 Å². The summed E-state index contributed by atoms with van der Waals surface area (Å²) in [5.74, 6) is -0.718. The van der Waals surface area contributed by atoms with Crippen LogP contribution < -0.4 is 11.1 Å². The van der Waals surface area contributed by atoms with Crippen molar-refractivity contribution in [2.24, 2.45) is 11.7 Å². The predicted octanol–water partition coefficient (Wildman–Crippen LogP) is 2.74. The van der Waals surface area contributed by atoms with Crippen molar-refractivity contribution >= 4 is 11.9 Å². The van der Waals surface area contributed by atoms with E-state index in [1.54, 1.807) is 51.1 Å². The molecule has 2 rings (SSSR count). The van der Waals surface area contributed by atoms with Gasteiger partial charge in [-0.3, -0.25) is 4.79 Å². The topological polar surface area (TPSA) is 102 Å². The zero-order valence-corrected chi connectivity index (χ0v) is 16.5. The van der Waals surface area contributed by atoms with Gasteiger partial charge in [-0.2, -0.15) is 0 Å². The molecule has 1 unspecified atom stereocenters. The molecule has 0 aliphatic heterocycles. The number of ether oxygens (including phenoxy) is 1. The van der Waals surface area contributed by atoms with Gasteiger partial charge in [-0.1, -0.05) is 74.5 Å². The summed E-state index contributed by atoms with van der Waals surface area (Å²) < 4.78 is 5.21. The van der Waals surface area contributed by atoms with Crippen molar-refractivity contribution in [2.75, 3.05) is 0 Å². The number of ketones is 1. The fraction of sp³-hybridized carbons (Fsp3) is 0.364. The maximum absolute atomic E-state index is 13.0. The minimum atomic E-state index is -1.98. The summed E-state index contributed by atoms with van der Waals surface area (Å²) in [6.07, 6.45) is -0.725. The number of Topliss-reactive ketones (excluding diaryl/α,β-unsaturated/α-hetero) is 1. The number of carbonyl (C=O) groups is 2. The summed E-state index contributed by atoms with van der Waals surface area (Å²) in [7, 11) is 0. The van der Waals surface area contributed by atoms with Crippen molar-refractivity contribution in [1.29, 1.82) is 0 Å². The number of hydrogen-bond donors (Lipinski definition) is 3. The highest BCUT2D eigenvalue weighted by atomic mass is 16.5. The Kier molecular flexibility index (Phi) is 7.31. The van der Waals surface area contributed by atoms with Gasteiger partial charge in [0.2, 0.25) is 0 Å². The third-order valence-corrected chi connectivity index (χ3v) is 4.78. The molecule has 0 aliphatic carbocycles. The number of hydrogen-bond acceptors (Lipinski definition) is 5. The molecule has 0 radical (unpaired) electrons. The van der Waals surface area contributed by atoms with E-state index in [1.807, 2.05) is 30.3 Å². The quantitative estimate of drug-likeness (QED) is 0.650. The number of rotatable bonds is 8. The molecule has 0 aromatic heterocycles. The molecule has 0 bridgehead atoms. The Balaban J connectivity index is 2.18. The van der Waals surface area contributed by atoms with Crippen LogP contribution in [0.4, 0.5) is 4.79 Å². The molecule has 150 valence electrons. The van der Waals surface area contributed by atoms with E-state index in [0.29, 0.717) is 5.56 Å². The highest BCUT2D eigenvalue weighted by Gasteiger charge is 2.46. The molecule has 0 saturated heterocycles. The summed E-state index contributed by atoms with van der Waals surface area (Å²) in [4.78, 5) is 25.3. The molecule has 0 aliphatic rings. The van der Waals surface area contributed by atoms with E-state index < -0.39 is 29.6 Å². The number of amides is 1. The van der Waals surface area contributed by atoms with E-state index >= 15 is 0 Å². The lowest BCUT2D eigenvalue weighted by atomic mass is 9.78. The molecule has 28 heavy (non-hydrogen) atoms. The number of carbonyl (C=O) groups excluding carboxylic acids is 2. The van der Waals surface area contributed by atoms with E-state index in [2.05, 4.69) is 5.32 Å². The molecule has 3 atom stereocenters. The lowest BCUT2D eigenvalue weighted by molar-refractivity contribution is -0.143. The van der Waals surface area contributed by atoms with Crippen molar-refractivity contribution in [2.45, 2.75) is 45.1 Å². The minimum absolute atomic E-state index is 0.0859. The summed E-state index contributed by atoms with van der Waals surface area (Å²) in [5, 5.41) is 13.9. The van der Waals surface area contributed by atoms with Crippen molar-refractivity contribution in [3.63, 3.8) is 0 Å². The van der Waals surface area contributed by atoms with Crippen LogP contribution in [-0.4, -0.2) is 29.1 Å². The van der Waals surface area contributed by atoms with Crippen LogP contribution in [0.3, 0.4) is 0 Å². The number of aliphatic hydroxyl groups is 1. The van der Waals surface area contributed by atoms with Crippen molar-refractivity contribution < 1.29 is 19.4 Å². The summed E-state index contributed by atoms with van der Waals surface area (Å²) in [5.41, 5.74) is 5.26. The van der Waals surface area contributed by atoms with Gasteiger partial charge in [-0.25, -0.2) is 4.79 Å². The van der Waals surface area contributed by atoms with Crippen molar-refractivity contribution in [3.8, 4) is 0 Å². The van der Waals surface area contributed by atoms with Crippen molar-refractivity contribution in [3.05, 3.63) is 71.8 Å². The molecule has 0 fully saturated rings. The Morgan fingerprint density at radius 1 is 1.04 bits per heavy atom. The molecule has 0 spiro atoms. The van der Waals surface area contributed by atoms with E-state index in [4.69, 9.17) is 10.5 Å². The van der Waals surface area contributed by atoms with Gasteiger partial charge in [0.05, 0.1) is 12.1 Å². The van der Waals surface area contributed by atoms with Gasteiger partial charge in [0.15, 0.2) is 11.4 Å². The first-order chi connectivity index (χ1) is 13.3. The molecule has 2 aromatic carbocycles. The SMILES string of the molecule is CC(C)[C@H](N)C(=O)C(O)(c1ccccc1)[C@H](C)NC(=O)OCc1ccccc1. The molecule has 2 aromatic rings. The predicted molar refractivity (Wildman–Crippen MR) is 107 cm³/mol. The van der Waals surface area contributed by atoms with Gasteiger partial charge >= 0.3 is 6.09 Å². The van der Waals surface area contributed by atoms with Gasteiger partial charge < -0.3 is 20.9 Å². The fourth-order valence-corrected chi connectivity index (χ4v) is 2.90. The minimum Gasteiger partial charge on any atom is -0.445 e. The van der Waals surface area contributed by atoms with Gasteiger partial charge in [0, 0.05) is 0 Å². The molecule has 1 amide bonds. The third kappa shape index (κ3) is 4.97. The molecule has 6 nitrogen and oxygen atoms in total. The molecule has 0 saturated carbocycles. The highest BCUT2D eigenvalue weighted by Crippen LogP contribution is 2.29. The summed E-state index contributed by atoms with van der Waals surface area (Å²) in [6.45, 7) is 5.25. The second-order valence-corrected chi connectivity index (χ2v) is 7.19. The third-order valence-electron chi connectivity index (χ3n) is 4.78. The van der Waals surface area contributed by atoms with Crippen molar-refractivity contribution in [1.82, 2.24) is 5.32 Å². The van der Waals surface area contributed by atoms with Crippen LogP contribution in [0, 0.1) is 5.92 Å². The molecule has 0 heterocycles. The second kappa shape index (κ2) is 9.48.